The lowest BCUT2D eigenvalue weighted by Crippen LogP contribution is -1.75. The first-order chi connectivity index (χ1) is 4.34. The molecule has 0 amide bonds. The number of benzene rings is 1. The molecule has 0 spiro atoms. The highest BCUT2D eigenvalue weighted by atomic mass is 13.9. The average Bonchev–Trinajstić information content (AvgIpc) is 1.89. The van der Waals surface area contributed by atoms with Gasteiger partial charge in [0, 0.05) is 0 Å². The van der Waals surface area contributed by atoms with Crippen LogP contribution in [0, 0.1) is 6.92 Å². The van der Waals surface area contributed by atoms with Crippen molar-refractivity contribution in [2.24, 2.45) is 0 Å². The van der Waals surface area contributed by atoms with Gasteiger partial charge in [-0.15, -0.1) is 0 Å². The molecule has 9 heavy (non-hydrogen) atoms. The van der Waals surface area contributed by atoms with E-state index in [1.165, 1.54) is 0 Å². The van der Waals surface area contributed by atoms with E-state index in [1.807, 2.05) is 24.3 Å². The summed E-state index contributed by atoms with van der Waals surface area (Å²) in [4.78, 5) is 0. The number of rotatable bonds is 1. The molecule has 0 aromatic heterocycles. The maximum Gasteiger partial charge on any atom is -0.000568 e. The quantitative estimate of drug-likeness (QED) is 0.528. The van der Waals surface area contributed by atoms with Gasteiger partial charge < -0.3 is 0 Å². The Morgan fingerprint density at radius 2 is 2.00 bits per heavy atom. The topological polar surface area (TPSA) is 0 Å². The minimum absolute atomic E-state index is 0.785. The fourth-order valence-electron chi connectivity index (χ4n) is 0.697. The molecule has 1 aromatic rings. The summed E-state index contributed by atoms with van der Waals surface area (Å²) in [6.07, 6.45) is 1.75. The van der Waals surface area contributed by atoms with E-state index < -0.39 is 0 Å². The van der Waals surface area contributed by atoms with Crippen LogP contribution < -0.4 is 0 Å². The molecule has 0 heteroatoms. The van der Waals surface area contributed by atoms with Gasteiger partial charge in [0.2, 0.25) is 0 Å². The van der Waals surface area contributed by atoms with Gasteiger partial charge in [-0.1, -0.05) is 36.9 Å². The predicted molar refractivity (Wildman–Crippen MR) is 39.9 cm³/mol. The third-order valence-electron chi connectivity index (χ3n) is 1.22. The second-order valence-corrected chi connectivity index (χ2v) is 1.83. The van der Waals surface area contributed by atoms with Crippen LogP contribution in [0.15, 0.2) is 30.8 Å². The highest BCUT2D eigenvalue weighted by Crippen LogP contribution is 2.06. The Kier molecular flexibility index (Phi) is 1.69. The Labute approximate surface area is 55.8 Å². The second kappa shape index (κ2) is 2.49. The van der Waals surface area contributed by atoms with Crippen LogP contribution in [0.3, 0.4) is 0 Å². The van der Waals surface area contributed by atoms with Crippen molar-refractivity contribution >= 4 is 6.08 Å². The Morgan fingerprint density at radius 3 is 2.44 bits per heavy atom. The standard InChI is InChI=1S/C9H8/c1-3-9-7-5-4-6-8(9)2/h2-7H,1H2. The Morgan fingerprint density at radius 1 is 1.33 bits per heavy atom. The van der Waals surface area contributed by atoms with Crippen molar-refractivity contribution in [3.63, 3.8) is 0 Å². The Bertz CT molecular complexity index is 211. The first-order valence-corrected chi connectivity index (χ1v) is 2.81. The van der Waals surface area contributed by atoms with Gasteiger partial charge in [0.05, 0.1) is 0 Å². The summed E-state index contributed by atoms with van der Waals surface area (Å²) in [5.74, 6) is 0. The van der Waals surface area contributed by atoms with Crippen molar-refractivity contribution in [2.45, 2.75) is 0 Å². The fourth-order valence-corrected chi connectivity index (χ4v) is 0.697. The molecule has 0 aliphatic carbocycles. The molecule has 1 rings (SSSR count). The van der Waals surface area contributed by atoms with E-state index in [0.717, 1.165) is 11.1 Å². The van der Waals surface area contributed by atoms with Gasteiger partial charge in [0.15, 0.2) is 0 Å². The van der Waals surface area contributed by atoms with E-state index in [1.54, 1.807) is 6.08 Å². The molecule has 0 aliphatic heterocycles. The molecule has 0 N–H and O–H groups in total. The van der Waals surface area contributed by atoms with Crippen molar-refractivity contribution < 1.29 is 0 Å². The molecule has 0 atom stereocenters. The average molecular weight is 116 g/mol. The Balaban J connectivity index is 3.15. The summed E-state index contributed by atoms with van der Waals surface area (Å²) in [7, 11) is 0. The number of hydrogen-bond donors (Lipinski definition) is 0. The second-order valence-electron chi connectivity index (χ2n) is 1.83. The van der Waals surface area contributed by atoms with E-state index >= 15 is 0 Å². The van der Waals surface area contributed by atoms with Crippen LogP contribution in [0.1, 0.15) is 11.1 Å². The molecule has 0 nitrogen and oxygen atoms in total. The van der Waals surface area contributed by atoms with Gasteiger partial charge >= 0.3 is 0 Å². The zero-order valence-corrected chi connectivity index (χ0v) is 5.17. The van der Waals surface area contributed by atoms with Gasteiger partial charge in [-0.05, 0) is 18.1 Å². The molecule has 0 heterocycles. The molecule has 0 fully saturated rings. The molecule has 1 aromatic carbocycles. The molecule has 2 radical (unpaired) electrons. The predicted octanol–water partition coefficient (Wildman–Crippen LogP) is 2.39. The summed E-state index contributed by atoms with van der Waals surface area (Å²) < 4.78 is 0. The van der Waals surface area contributed by atoms with Crippen LogP contribution in [-0.4, -0.2) is 0 Å². The highest BCUT2D eigenvalue weighted by molar-refractivity contribution is 5.52. The van der Waals surface area contributed by atoms with Crippen molar-refractivity contribution in [1.29, 1.82) is 0 Å². The van der Waals surface area contributed by atoms with Crippen LogP contribution in [0.4, 0.5) is 0 Å². The summed E-state index contributed by atoms with van der Waals surface area (Å²) in [6, 6.07) is 7.63. The molecule has 0 bridgehead atoms. The van der Waals surface area contributed by atoms with E-state index in [-0.39, 0.29) is 0 Å². The zero-order valence-electron chi connectivity index (χ0n) is 5.17. The van der Waals surface area contributed by atoms with E-state index in [2.05, 4.69) is 6.58 Å². The summed E-state index contributed by atoms with van der Waals surface area (Å²) in [5.41, 5.74) is 1.78. The van der Waals surface area contributed by atoms with Crippen LogP contribution in [0.5, 0.6) is 0 Å². The largest absolute Gasteiger partial charge is 0.0985 e. The van der Waals surface area contributed by atoms with E-state index in [9.17, 15) is 0 Å². The zero-order chi connectivity index (χ0) is 6.69. The number of hydrogen-bond acceptors (Lipinski definition) is 0. The summed E-state index contributed by atoms with van der Waals surface area (Å²) in [5, 5.41) is 0. The van der Waals surface area contributed by atoms with Crippen LogP contribution in [0.25, 0.3) is 6.08 Å². The normalized spacial score (nSPS) is 9.00. The van der Waals surface area contributed by atoms with Gasteiger partial charge in [0.1, 0.15) is 0 Å². The molecule has 0 saturated carbocycles. The minimum atomic E-state index is 0.785. The lowest BCUT2D eigenvalue weighted by Gasteiger charge is -1.94. The first kappa shape index (κ1) is 6.09. The first-order valence-electron chi connectivity index (χ1n) is 2.81. The maximum atomic E-state index is 5.56. The van der Waals surface area contributed by atoms with Crippen LogP contribution in [-0.2, 0) is 0 Å². The molecular formula is C9H8. The van der Waals surface area contributed by atoms with Crippen molar-refractivity contribution in [3.8, 4) is 0 Å². The van der Waals surface area contributed by atoms with E-state index in [4.69, 9.17) is 6.92 Å². The molecule has 0 unspecified atom stereocenters. The third kappa shape index (κ3) is 1.20. The van der Waals surface area contributed by atoms with Gasteiger partial charge in [0.25, 0.3) is 0 Å². The molecule has 0 saturated heterocycles. The van der Waals surface area contributed by atoms with Gasteiger partial charge in [-0.25, -0.2) is 0 Å². The van der Waals surface area contributed by atoms with E-state index in [0.29, 0.717) is 0 Å². The van der Waals surface area contributed by atoms with Gasteiger partial charge in [-0.3, -0.25) is 0 Å². The molecule has 0 aliphatic rings. The van der Waals surface area contributed by atoms with Crippen molar-refractivity contribution in [3.05, 3.63) is 48.9 Å². The smallest absolute Gasteiger partial charge is 0.000568 e. The van der Waals surface area contributed by atoms with Crippen molar-refractivity contribution in [2.75, 3.05) is 0 Å². The summed E-state index contributed by atoms with van der Waals surface area (Å²) >= 11 is 0. The molecular weight excluding hydrogens is 108 g/mol. The Hall–Kier alpha value is -1.04. The van der Waals surface area contributed by atoms with Crippen LogP contribution >= 0.6 is 0 Å². The molecule has 44 valence electrons. The minimum Gasteiger partial charge on any atom is -0.0985 e. The monoisotopic (exact) mass is 116 g/mol. The van der Waals surface area contributed by atoms with Crippen LogP contribution in [0.2, 0.25) is 0 Å². The maximum absolute atomic E-state index is 5.56. The van der Waals surface area contributed by atoms with Gasteiger partial charge in [-0.2, -0.15) is 0 Å². The lowest BCUT2D eigenvalue weighted by molar-refractivity contribution is 1.57. The SMILES string of the molecule is [CH]c1ccccc1C=C. The van der Waals surface area contributed by atoms with Crippen molar-refractivity contribution in [1.82, 2.24) is 0 Å². The summed E-state index contributed by atoms with van der Waals surface area (Å²) in [6.45, 7) is 9.17. The fraction of sp³-hybridized carbons (Fsp3) is 0. The lowest BCUT2D eigenvalue weighted by atomic mass is 10.1. The highest BCUT2D eigenvalue weighted by Gasteiger charge is 1.87. The third-order valence-corrected chi connectivity index (χ3v) is 1.22.